The topological polar surface area (TPSA) is 94.6 Å². The number of aromatic nitrogens is 1. The van der Waals surface area contributed by atoms with E-state index in [4.69, 9.17) is 28.3 Å². The molecule has 11 heteroatoms. The van der Waals surface area contributed by atoms with Crippen molar-refractivity contribution in [3.05, 3.63) is 63.5 Å². The third kappa shape index (κ3) is 10.7. The molecule has 0 atom stereocenters. The fraction of sp³-hybridized carbons (Fsp3) is 0.393. The Hall–Kier alpha value is -2.30. The van der Waals surface area contributed by atoms with E-state index >= 15 is 0 Å². The Labute approximate surface area is 250 Å². The van der Waals surface area contributed by atoms with Crippen LogP contribution in [0.15, 0.2) is 52.2 Å². The van der Waals surface area contributed by atoms with Gasteiger partial charge in [-0.05, 0) is 42.7 Å². The van der Waals surface area contributed by atoms with Crippen molar-refractivity contribution in [3.63, 3.8) is 0 Å². The first-order valence-electron chi connectivity index (χ1n) is 11.5. The number of halogens is 2. The molecular formula is C28H38Cl2N4O3S2. The number of anilines is 1. The Kier molecular flexibility index (Phi) is 14.9. The molecule has 0 aliphatic carbocycles. The molecule has 0 spiro atoms. The number of hydrogen-bond donors (Lipinski definition) is 3. The highest BCUT2D eigenvalue weighted by molar-refractivity contribution is 8.01. The number of amides is 1. The van der Waals surface area contributed by atoms with Crippen LogP contribution in [0, 0.1) is 0 Å². The summed E-state index contributed by atoms with van der Waals surface area (Å²) in [6.07, 6.45) is 1.82. The molecule has 3 N–H and O–H groups in total. The summed E-state index contributed by atoms with van der Waals surface area (Å²) in [5.41, 5.74) is 3.55. The van der Waals surface area contributed by atoms with Crippen molar-refractivity contribution in [2.45, 2.75) is 52.0 Å². The second-order valence-corrected chi connectivity index (χ2v) is 11.4. The van der Waals surface area contributed by atoms with Gasteiger partial charge in [0.15, 0.2) is 4.34 Å². The molecule has 39 heavy (non-hydrogen) atoms. The molecule has 0 unspecified atom stereocenters. The van der Waals surface area contributed by atoms with Crippen LogP contribution in [-0.2, 0) is 16.1 Å². The van der Waals surface area contributed by atoms with E-state index in [1.165, 1.54) is 23.1 Å². The number of nitrogens with one attached hydrogen (secondary N) is 2. The van der Waals surface area contributed by atoms with Crippen LogP contribution in [0.25, 0.3) is 11.3 Å². The first-order chi connectivity index (χ1) is 17.4. The van der Waals surface area contributed by atoms with Gasteiger partial charge in [0, 0.05) is 42.3 Å². The molecule has 214 valence electrons. The number of carbonyl (C=O) groups is 2. The van der Waals surface area contributed by atoms with Gasteiger partial charge in [-0.25, -0.2) is 4.98 Å². The molecular weight excluding hydrogens is 575 g/mol. The lowest BCUT2D eigenvalue weighted by molar-refractivity contribution is -0.135. The quantitative estimate of drug-likeness (QED) is 0.205. The summed E-state index contributed by atoms with van der Waals surface area (Å²) in [5, 5.41) is 17.9. The van der Waals surface area contributed by atoms with Crippen LogP contribution >= 0.6 is 46.3 Å². The number of hydrogen-bond acceptors (Lipinski definition) is 7. The molecule has 2 aromatic carbocycles. The summed E-state index contributed by atoms with van der Waals surface area (Å²) in [6, 6.07) is 13.4. The Morgan fingerprint density at radius 1 is 1.08 bits per heavy atom. The van der Waals surface area contributed by atoms with E-state index in [9.17, 15) is 9.59 Å². The molecule has 1 saturated heterocycles. The van der Waals surface area contributed by atoms with Gasteiger partial charge in [0.05, 0.1) is 21.5 Å². The maximum Gasteiger partial charge on any atom is 0.322 e. The number of benzene rings is 2. The zero-order chi connectivity index (χ0) is 25.5. The third-order valence-corrected chi connectivity index (χ3v) is 8.51. The number of thioether (sulfide) groups is 1. The Bertz CT molecular complexity index is 1220. The van der Waals surface area contributed by atoms with Gasteiger partial charge in [0.1, 0.15) is 6.54 Å². The van der Waals surface area contributed by atoms with Crippen molar-refractivity contribution in [2.24, 2.45) is 0 Å². The SMILES string of the molecule is C.C.C.O=C(O)CNc1cccc(-c2csc(SCC(=O)NC3CCN(Cc4ccc(Cl)c(Cl)c4)CC3)n2)c1. The zero-order valence-corrected chi connectivity index (χ0v) is 22.5. The largest absolute Gasteiger partial charge is 0.480 e. The van der Waals surface area contributed by atoms with E-state index in [0.717, 1.165) is 59.3 Å². The molecule has 0 radical (unpaired) electrons. The number of thiazole rings is 1. The fourth-order valence-corrected chi connectivity index (χ4v) is 5.92. The highest BCUT2D eigenvalue weighted by Gasteiger charge is 2.21. The van der Waals surface area contributed by atoms with Gasteiger partial charge in [0.25, 0.3) is 0 Å². The average molecular weight is 614 g/mol. The van der Waals surface area contributed by atoms with Crippen molar-refractivity contribution in [2.75, 3.05) is 30.7 Å². The van der Waals surface area contributed by atoms with Gasteiger partial charge in [0.2, 0.25) is 5.91 Å². The summed E-state index contributed by atoms with van der Waals surface area (Å²) in [4.78, 5) is 30.3. The summed E-state index contributed by atoms with van der Waals surface area (Å²) >= 11 is 15.0. The lowest BCUT2D eigenvalue weighted by atomic mass is 10.0. The van der Waals surface area contributed by atoms with Crippen LogP contribution in [0.4, 0.5) is 5.69 Å². The van der Waals surface area contributed by atoms with E-state index in [1.54, 1.807) is 0 Å². The van der Waals surface area contributed by atoms with Crippen LogP contribution < -0.4 is 10.6 Å². The minimum atomic E-state index is -0.917. The number of carbonyl (C=O) groups excluding carboxylic acids is 1. The first-order valence-corrected chi connectivity index (χ1v) is 14.1. The van der Waals surface area contributed by atoms with E-state index in [2.05, 4.69) is 20.5 Å². The van der Waals surface area contributed by atoms with Crippen molar-refractivity contribution in [1.29, 1.82) is 0 Å². The molecule has 1 amide bonds. The number of carboxylic acid groups (broad SMARTS) is 1. The summed E-state index contributed by atoms with van der Waals surface area (Å²) in [5.74, 6) is -0.587. The molecule has 4 rings (SSSR count). The van der Waals surface area contributed by atoms with Crippen LogP contribution in [0.1, 0.15) is 40.7 Å². The fourth-order valence-electron chi connectivity index (χ4n) is 3.95. The lowest BCUT2D eigenvalue weighted by Gasteiger charge is -2.32. The summed E-state index contributed by atoms with van der Waals surface area (Å²) in [6.45, 7) is 2.49. The minimum Gasteiger partial charge on any atom is -0.480 e. The predicted octanol–water partition coefficient (Wildman–Crippen LogP) is 7.39. The highest BCUT2D eigenvalue weighted by atomic mass is 35.5. The lowest BCUT2D eigenvalue weighted by Crippen LogP contribution is -2.44. The van der Waals surface area contributed by atoms with Crippen molar-refractivity contribution >= 4 is 63.9 Å². The Morgan fingerprint density at radius 2 is 1.82 bits per heavy atom. The van der Waals surface area contributed by atoms with Gasteiger partial charge >= 0.3 is 5.97 Å². The Balaban J connectivity index is 0.00000253. The first kappa shape index (κ1) is 34.7. The number of aliphatic carboxylic acids is 1. The van der Waals surface area contributed by atoms with E-state index < -0.39 is 5.97 Å². The molecule has 0 saturated carbocycles. The minimum absolute atomic E-state index is 0. The third-order valence-electron chi connectivity index (χ3n) is 5.75. The molecule has 1 fully saturated rings. The average Bonchev–Trinajstić information content (AvgIpc) is 3.34. The van der Waals surface area contributed by atoms with Gasteiger partial charge in [-0.15, -0.1) is 11.3 Å². The van der Waals surface area contributed by atoms with Gasteiger partial charge in [-0.1, -0.05) is 75.4 Å². The predicted molar refractivity (Wildman–Crippen MR) is 167 cm³/mol. The molecule has 0 bridgehead atoms. The number of rotatable bonds is 10. The second kappa shape index (κ2) is 16.7. The van der Waals surface area contributed by atoms with Crippen LogP contribution in [0.2, 0.25) is 10.0 Å². The standard InChI is InChI=1S/C25H26Cl2N4O3S2.3CH4/c26-20-5-4-16(10-21(20)27)13-31-8-6-18(7-9-31)29-23(32)15-36-25-30-22(14-35-25)17-2-1-3-19(11-17)28-12-24(33)34;;;/h1-5,10-11,14,18,28H,6-9,12-13,15H2,(H,29,32)(H,33,34);3*1H4. The van der Waals surface area contributed by atoms with Gasteiger partial charge in [-0.2, -0.15) is 0 Å². The maximum atomic E-state index is 12.5. The van der Waals surface area contributed by atoms with Crippen LogP contribution in [0.3, 0.4) is 0 Å². The number of piperidine rings is 1. The molecule has 1 aliphatic heterocycles. The summed E-state index contributed by atoms with van der Waals surface area (Å²) in [7, 11) is 0. The zero-order valence-electron chi connectivity index (χ0n) is 19.4. The van der Waals surface area contributed by atoms with Crippen LogP contribution in [0.5, 0.6) is 0 Å². The molecule has 7 nitrogen and oxygen atoms in total. The van der Waals surface area contributed by atoms with Crippen molar-refractivity contribution < 1.29 is 14.7 Å². The molecule has 1 aromatic heterocycles. The van der Waals surface area contributed by atoms with E-state index in [0.29, 0.717) is 15.8 Å². The van der Waals surface area contributed by atoms with Gasteiger partial charge < -0.3 is 15.7 Å². The molecule has 3 aromatic rings. The maximum absolute atomic E-state index is 12.5. The smallest absolute Gasteiger partial charge is 0.322 e. The normalized spacial score (nSPS) is 13.4. The highest BCUT2D eigenvalue weighted by Crippen LogP contribution is 2.29. The summed E-state index contributed by atoms with van der Waals surface area (Å²) < 4.78 is 0.820. The molecule has 1 aliphatic rings. The van der Waals surface area contributed by atoms with Gasteiger partial charge in [-0.3, -0.25) is 14.5 Å². The number of likely N-dealkylation sites (tertiary alicyclic amines) is 1. The number of nitrogens with zero attached hydrogens (tertiary/aromatic N) is 2. The van der Waals surface area contributed by atoms with Crippen molar-refractivity contribution in [1.82, 2.24) is 15.2 Å². The second-order valence-electron chi connectivity index (χ2n) is 8.48. The Morgan fingerprint density at radius 3 is 2.51 bits per heavy atom. The van der Waals surface area contributed by atoms with E-state index in [-0.39, 0.29) is 40.8 Å². The van der Waals surface area contributed by atoms with Crippen LogP contribution in [-0.4, -0.2) is 58.3 Å². The monoisotopic (exact) mass is 612 g/mol. The number of carboxylic acids is 1. The molecule has 2 heterocycles. The van der Waals surface area contributed by atoms with Crippen molar-refractivity contribution in [3.8, 4) is 11.3 Å². The van der Waals surface area contributed by atoms with E-state index in [1.807, 2.05) is 47.8 Å².